The number of carbonyl (C=O) groups is 1. The topological polar surface area (TPSA) is 46.3 Å². The molecule has 110 valence electrons. The van der Waals surface area contributed by atoms with Crippen molar-refractivity contribution in [2.75, 3.05) is 19.3 Å². The molecule has 1 aliphatic heterocycles. The van der Waals surface area contributed by atoms with Crippen molar-refractivity contribution in [3.8, 4) is 0 Å². The van der Waals surface area contributed by atoms with E-state index >= 15 is 0 Å². The highest BCUT2D eigenvalue weighted by Gasteiger charge is 2.27. The molecular weight excluding hydrogens is 292 g/mol. The number of nitrogens with zero attached hydrogens (tertiary/aromatic N) is 1. The molecule has 0 radical (unpaired) electrons. The Bertz CT molecular complexity index is 493. The number of amides is 1. The number of likely N-dealkylation sites (tertiary alicyclic amines) is 1. The van der Waals surface area contributed by atoms with E-state index in [9.17, 15) is 4.79 Å². The first-order valence-electron chi connectivity index (χ1n) is 6.91. The molecule has 1 aliphatic rings. The lowest BCUT2D eigenvalue weighted by molar-refractivity contribution is 0.0661. The SMILES string of the molecule is CSc1ccc(Cl)c(C(=O)N2CCCC(C(C)N)C2)c1. The highest BCUT2D eigenvalue weighted by atomic mass is 35.5. The Kier molecular flexibility index (Phi) is 5.35. The first-order chi connectivity index (χ1) is 9.52. The zero-order valence-corrected chi connectivity index (χ0v) is 13.5. The largest absolute Gasteiger partial charge is 0.338 e. The van der Waals surface area contributed by atoms with Crippen molar-refractivity contribution in [3.05, 3.63) is 28.8 Å². The Morgan fingerprint density at radius 1 is 1.55 bits per heavy atom. The van der Waals surface area contributed by atoms with Gasteiger partial charge in [-0.15, -0.1) is 11.8 Å². The Labute approximate surface area is 129 Å². The molecule has 2 unspecified atom stereocenters. The lowest BCUT2D eigenvalue weighted by atomic mass is 9.92. The smallest absolute Gasteiger partial charge is 0.255 e. The van der Waals surface area contributed by atoms with Crippen LogP contribution in [0.2, 0.25) is 5.02 Å². The van der Waals surface area contributed by atoms with E-state index in [-0.39, 0.29) is 11.9 Å². The molecule has 2 rings (SSSR count). The van der Waals surface area contributed by atoms with E-state index in [0.29, 0.717) is 16.5 Å². The summed E-state index contributed by atoms with van der Waals surface area (Å²) in [6.07, 6.45) is 4.10. The monoisotopic (exact) mass is 312 g/mol. The number of hydrogen-bond acceptors (Lipinski definition) is 3. The Hall–Kier alpha value is -0.710. The first kappa shape index (κ1) is 15.7. The Balaban J connectivity index is 2.18. The molecule has 1 heterocycles. The number of benzene rings is 1. The Morgan fingerprint density at radius 2 is 2.30 bits per heavy atom. The Morgan fingerprint density at radius 3 is 2.95 bits per heavy atom. The van der Waals surface area contributed by atoms with Crippen molar-refractivity contribution in [2.24, 2.45) is 11.7 Å². The van der Waals surface area contributed by atoms with Crippen LogP contribution in [0.1, 0.15) is 30.1 Å². The maximum Gasteiger partial charge on any atom is 0.255 e. The van der Waals surface area contributed by atoms with Crippen molar-refractivity contribution in [1.82, 2.24) is 4.90 Å². The third-order valence-electron chi connectivity index (χ3n) is 3.89. The molecule has 2 N–H and O–H groups in total. The lowest BCUT2D eigenvalue weighted by Crippen LogP contribution is -2.45. The lowest BCUT2D eigenvalue weighted by Gasteiger charge is -2.34. The van der Waals surface area contributed by atoms with Crippen LogP contribution in [0.25, 0.3) is 0 Å². The van der Waals surface area contributed by atoms with Gasteiger partial charge in [-0.05, 0) is 50.1 Å². The number of piperidine rings is 1. The summed E-state index contributed by atoms with van der Waals surface area (Å²) in [7, 11) is 0. The molecule has 0 bridgehead atoms. The first-order valence-corrected chi connectivity index (χ1v) is 8.51. The predicted octanol–water partition coefficient (Wildman–Crippen LogP) is 3.26. The van der Waals surface area contributed by atoms with Gasteiger partial charge in [-0.2, -0.15) is 0 Å². The van der Waals surface area contributed by atoms with Crippen LogP contribution >= 0.6 is 23.4 Å². The zero-order valence-electron chi connectivity index (χ0n) is 11.9. The number of nitrogens with two attached hydrogens (primary N) is 1. The predicted molar refractivity (Wildman–Crippen MR) is 85.5 cm³/mol. The molecule has 2 atom stereocenters. The fourth-order valence-electron chi connectivity index (χ4n) is 2.59. The number of rotatable bonds is 3. The van der Waals surface area contributed by atoms with Crippen LogP contribution in [0.5, 0.6) is 0 Å². The van der Waals surface area contributed by atoms with E-state index < -0.39 is 0 Å². The highest BCUT2D eigenvalue weighted by Crippen LogP contribution is 2.26. The molecule has 1 amide bonds. The van der Waals surface area contributed by atoms with Gasteiger partial charge in [-0.1, -0.05) is 11.6 Å². The van der Waals surface area contributed by atoms with Crippen LogP contribution in [-0.4, -0.2) is 36.2 Å². The van der Waals surface area contributed by atoms with E-state index in [1.54, 1.807) is 17.8 Å². The van der Waals surface area contributed by atoms with Crippen molar-refractivity contribution in [3.63, 3.8) is 0 Å². The minimum Gasteiger partial charge on any atom is -0.338 e. The molecule has 0 aromatic heterocycles. The average Bonchev–Trinajstić information content (AvgIpc) is 2.47. The van der Waals surface area contributed by atoms with Gasteiger partial charge in [-0.25, -0.2) is 0 Å². The summed E-state index contributed by atoms with van der Waals surface area (Å²) in [6, 6.07) is 5.74. The van der Waals surface area contributed by atoms with Gasteiger partial charge in [0.05, 0.1) is 10.6 Å². The van der Waals surface area contributed by atoms with E-state index in [0.717, 1.165) is 30.8 Å². The summed E-state index contributed by atoms with van der Waals surface area (Å²) >= 11 is 7.80. The van der Waals surface area contributed by atoms with Gasteiger partial charge in [0.1, 0.15) is 0 Å². The van der Waals surface area contributed by atoms with Crippen molar-refractivity contribution < 1.29 is 4.79 Å². The number of hydrogen-bond donors (Lipinski definition) is 1. The zero-order chi connectivity index (χ0) is 14.7. The second-order valence-corrected chi connectivity index (χ2v) is 6.65. The van der Waals surface area contributed by atoms with Crippen LogP contribution in [0, 0.1) is 5.92 Å². The molecule has 1 aromatic carbocycles. The van der Waals surface area contributed by atoms with Crippen molar-refractivity contribution >= 4 is 29.3 Å². The number of halogens is 1. The molecule has 1 fully saturated rings. The van der Waals surface area contributed by atoms with E-state index in [4.69, 9.17) is 17.3 Å². The van der Waals surface area contributed by atoms with Gasteiger partial charge in [0.25, 0.3) is 5.91 Å². The van der Waals surface area contributed by atoms with E-state index in [2.05, 4.69) is 0 Å². The third-order valence-corrected chi connectivity index (χ3v) is 4.95. The summed E-state index contributed by atoms with van der Waals surface area (Å²) in [5, 5.41) is 0.524. The quantitative estimate of drug-likeness (QED) is 0.871. The summed E-state index contributed by atoms with van der Waals surface area (Å²) < 4.78 is 0. The third kappa shape index (κ3) is 3.48. The maximum atomic E-state index is 12.6. The van der Waals surface area contributed by atoms with Crippen molar-refractivity contribution in [2.45, 2.75) is 30.7 Å². The van der Waals surface area contributed by atoms with Crippen LogP contribution in [0.4, 0.5) is 0 Å². The van der Waals surface area contributed by atoms with Gasteiger partial charge in [0.2, 0.25) is 0 Å². The standard InChI is InChI=1S/C15H21ClN2OS/c1-10(17)11-4-3-7-18(9-11)15(19)13-8-12(20-2)5-6-14(13)16/h5-6,8,10-11H,3-4,7,9,17H2,1-2H3. The molecule has 3 nitrogen and oxygen atoms in total. The van der Waals surface area contributed by atoms with Crippen LogP contribution < -0.4 is 5.73 Å². The summed E-state index contributed by atoms with van der Waals surface area (Å²) in [4.78, 5) is 15.6. The summed E-state index contributed by atoms with van der Waals surface area (Å²) in [5.74, 6) is 0.409. The molecule has 0 spiro atoms. The fraction of sp³-hybridized carbons (Fsp3) is 0.533. The second-order valence-electron chi connectivity index (χ2n) is 5.36. The van der Waals surface area contributed by atoms with E-state index in [1.165, 1.54) is 0 Å². The van der Waals surface area contributed by atoms with Crippen LogP contribution in [0.3, 0.4) is 0 Å². The van der Waals surface area contributed by atoms with Gasteiger partial charge >= 0.3 is 0 Å². The molecule has 5 heteroatoms. The number of thioether (sulfide) groups is 1. The maximum absolute atomic E-state index is 12.6. The minimum atomic E-state index is 0.0243. The molecule has 0 aliphatic carbocycles. The molecule has 20 heavy (non-hydrogen) atoms. The van der Waals surface area contributed by atoms with Crippen molar-refractivity contribution in [1.29, 1.82) is 0 Å². The highest BCUT2D eigenvalue weighted by molar-refractivity contribution is 7.98. The van der Waals surface area contributed by atoms with Crippen LogP contribution in [-0.2, 0) is 0 Å². The molecule has 0 saturated carbocycles. The van der Waals surface area contributed by atoms with Gasteiger partial charge in [-0.3, -0.25) is 4.79 Å². The molecule has 1 saturated heterocycles. The molecule has 1 aromatic rings. The summed E-state index contributed by atoms with van der Waals surface area (Å²) in [5.41, 5.74) is 6.58. The van der Waals surface area contributed by atoms with E-state index in [1.807, 2.05) is 30.2 Å². The normalized spacial score (nSPS) is 20.8. The summed E-state index contributed by atoms with van der Waals surface area (Å²) in [6.45, 7) is 3.54. The molecular formula is C15H21ClN2OS. The average molecular weight is 313 g/mol. The second kappa shape index (κ2) is 6.83. The minimum absolute atomic E-state index is 0.0243. The fourth-order valence-corrected chi connectivity index (χ4v) is 3.23. The van der Waals surface area contributed by atoms with Gasteiger partial charge < -0.3 is 10.6 Å². The van der Waals surface area contributed by atoms with Crippen LogP contribution in [0.15, 0.2) is 23.1 Å². The number of carbonyl (C=O) groups excluding carboxylic acids is 1. The van der Waals surface area contributed by atoms with Gasteiger partial charge in [0, 0.05) is 24.0 Å². The van der Waals surface area contributed by atoms with Gasteiger partial charge in [0.15, 0.2) is 0 Å².